The fraction of sp³-hybridized carbons (Fsp3) is 0.227. The molecular weight excluding hydrogens is 312 g/mol. The molecule has 3 aromatic rings. The normalized spacial score (nSPS) is 10.9. The van der Waals surface area contributed by atoms with Crippen molar-refractivity contribution in [2.75, 3.05) is 6.61 Å². The van der Waals surface area contributed by atoms with Gasteiger partial charge in [0, 0.05) is 0 Å². The highest BCUT2D eigenvalue weighted by atomic mass is 16.6. The van der Waals surface area contributed by atoms with Crippen LogP contribution in [0.1, 0.15) is 30.9 Å². The summed E-state index contributed by atoms with van der Waals surface area (Å²) in [4.78, 5) is 12.1. The zero-order chi connectivity index (χ0) is 17.8. The minimum atomic E-state index is -0.412. The summed E-state index contributed by atoms with van der Waals surface area (Å²) in [6, 6.07) is 19.6. The Morgan fingerprint density at radius 1 is 0.960 bits per heavy atom. The fourth-order valence-electron chi connectivity index (χ4n) is 2.66. The molecule has 3 aromatic carbocycles. The number of rotatable bonds is 5. The zero-order valence-electron chi connectivity index (χ0n) is 14.8. The van der Waals surface area contributed by atoms with Crippen molar-refractivity contribution in [1.82, 2.24) is 0 Å². The molecule has 0 saturated carbocycles. The van der Waals surface area contributed by atoms with E-state index in [0.29, 0.717) is 11.7 Å². The number of fused-ring (bicyclic) bond motifs is 1. The first-order valence-corrected chi connectivity index (χ1v) is 8.46. The van der Waals surface area contributed by atoms with E-state index in [0.717, 1.165) is 22.1 Å². The Kier molecular flexibility index (Phi) is 5.03. The Balaban J connectivity index is 1.65. The van der Waals surface area contributed by atoms with Gasteiger partial charge in [0.05, 0.1) is 0 Å². The van der Waals surface area contributed by atoms with Gasteiger partial charge >= 0.3 is 5.97 Å². The van der Waals surface area contributed by atoms with Gasteiger partial charge in [0.1, 0.15) is 11.5 Å². The maximum atomic E-state index is 12.1. The monoisotopic (exact) mass is 334 g/mol. The third kappa shape index (κ3) is 4.18. The smallest absolute Gasteiger partial charge is 0.349 e. The number of esters is 1. The van der Waals surface area contributed by atoms with Crippen LogP contribution in [-0.2, 0) is 4.79 Å². The standard InChI is InChI=1S/C22H22O3/c1-15(2)18-9-8-16(3)21(13-18)24-14-22(23)25-20-11-10-17-6-4-5-7-19(17)12-20/h4-13,15H,14H2,1-3H3. The number of benzene rings is 3. The lowest BCUT2D eigenvalue weighted by atomic mass is 10.0. The van der Waals surface area contributed by atoms with Crippen LogP contribution in [0.15, 0.2) is 60.7 Å². The molecule has 0 aromatic heterocycles. The molecule has 25 heavy (non-hydrogen) atoms. The van der Waals surface area contributed by atoms with Crippen LogP contribution in [0, 0.1) is 6.92 Å². The summed E-state index contributed by atoms with van der Waals surface area (Å²) >= 11 is 0. The average Bonchev–Trinajstić information content (AvgIpc) is 2.60. The third-order valence-corrected chi connectivity index (χ3v) is 4.18. The molecule has 0 aliphatic carbocycles. The van der Waals surface area contributed by atoms with E-state index in [1.165, 1.54) is 5.56 Å². The molecule has 0 heterocycles. The molecular formula is C22H22O3. The predicted octanol–water partition coefficient (Wildman–Crippen LogP) is 5.26. The summed E-state index contributed by atoms with van der Waals surface area (Å²) in [6.45, 7) is 6.11. The maximum Gasteiger partial charge on any atom is 0.349 e. The first kappa shape index (κ1) is 17.0. The summed E-state index contributed by atoms with van der Waals surface area (Å²) in [5, 5.41) is 2.15. The molecule has 3 heteroatoms. The van der Waals surface area contributed by atoms with Crippen molar-refractivity contribution in [2.24, 2.45) is 0 Å². The summed E-state index contributed by atoms with van der Waals surface area (Å²) in [5.74, 6) is 1.25. The van der Waals surface area contributed by atoms with Crippen LogP contribution in [0.2, 0.25) is 0 Å². The third-order valence-electron chi connectivity index (χ3n) is 4.18. The summed E-state index contributed by atoms with van der Waals surface area (Å²) < 4.78 is 11.1. The van der Waals surface area contributed by atoms with Gasteiger partial charge in [0.15, 0.2) is 6.61 Å². The predicted molar refractivity (Wildman–Crippen MR) is 100 cm³/mol. The summed E-state index contributed by atoms with van der Waals surface area (Å²) in [5.41, 5.74) is 2.19. The molecule has 128 valence electrons. The maximum absolute atomic E-state index is 12.1. The summed E-state index contributed by atoms with van der Waals surface area (Å²) in [6.07, 6.45) is 0. The van der Waals surface area contributed by atoms with E-state index >= 15 is 0 Å². The minimum Gasteiger partial charge on any atom is -0.482 e. The van der Waals surface area contributed by atoms with Crippen molar-refractivity contribution in [3.63, 3.8) is 0 Å². The van der Waals surface area contributed by atoms with Crippen LogP contribution in [-0.4, -0.2) is 12.6 Å². The molecule has 0 fully saturated rings. The molecule has 0 aliphatic rings. The molecule has 0 radical (unpaired) electrons. The van der Waals surface area contributed by atoms with Gasteiger partial charge in [-0.3, -0.25) is 0 Å². The first-order valence-electron chi connectivity index (χ1n) is 8.46. The van der Waals surface area contributed by atoms with Gasteiger partial charge < -0.3 is 9.47 Å². The molecule has 3 rings (SSSR count). The largest absolute Gasteiger partial charge is 0.482 e. The second-order valence-electron chi connectivity index (χ2n) is 6.45. The Morgan fingerprint density at radius 3 is 2.48 bits per heavy atom. The highest BCUT2D eigenvalue weighted by molar-refractivity contribution is 5.84. The number of hydrogen-bond acceptors (Lipinski definition) is 3. The molecule has 3 nitrogen and oxygen atoms in total. The van der Waals surface area contributed by atoms with E-state index < -0.39 is 5.97 Å². The van der Waals surface area contributed by atoms with Crippen molar-refractivity contribution in [3.05, 3.63) is 71.8 Å². The van der Waals surface area contributed by atoms with E-state index in [4.69, 9.17) is 9.47 Å². The van der Waals surface area contributed by atoms with Crippen LogP contribution in [0.5, 0.6) is 11.5 Å². The number of aryl methyl sites for hydroxylation is 1. The second-order valence-corrected chi connectivity index (χ2v) is 6.45. The molecule has 0 amide bonds. The zero-order valence-corrected chi connectivity index (χ0v) is 14.8. The highest BCUT2D eigenvalue weighted by Crippen LogP contribution is 2.25. The Morgan fingerprint density at radius 2 is 1.72 bits per heavy atom. The molecule has 0 aliphatic heterocycles. The van der Waals surface area contributed by atoms with Crippen LogP contribution >= 0.6 is 0 Å². The second kappa shape index (κ2) is 7.39. The highest BCUT2D eigenvalue weighted by Gasteiger charge is 2.10. The summed E-state index contributed by atoms with van der Waals surface area (Å²) in [7, 11) is 0. The van der Waals surface area contributed by atoms with E-state index in [1.807, 2.05) is 55.5 Å². The van der Waals surface area contributed by atoms with Gasteiger partial charge in [-0.2, -0.15) is 0 Å². The van der Waals surface area contributed by atoms with Crippen LogP contribution in [0.4, 0.5) is 0 Å². The molecule has 0 N–H and O–H groups in total. The Hall–Kier alpha value is -2.81. The first-order chi connectivity index (χ1) is 12.0. The van der Waals surface area contributed by atoms with Gasteiger partial charge in [-0.15, -0.1) is 0 Å². The van der Waals surface area contributed by atoms with E-state index in [9.17, 15) is 4.79 Å². The number of carbonyl (C=O) groups is 1. The van der Waals surface area contributed by atoms with Gasteiger partial charge in [0.25, 0.3) is 0 Å². The van der Waals surface area contributed by atoms with Crippen molar-refractivity contribution in [3.8, 4) is 11.5 Å². The van der Waals surface area contributed by atoms with Crippen LogP contribution in [0.25, 0.3) is 10.8 Å². The lowest BCUT2D eigenvalue weighted by molar-refractivity contribution is -0.136. The quantitative estimate of drug-likeness (QED) is 0.472. The van der Waals surface area contributed by atoms with E-state index in [-0.39, 0.29) is 6.61 Å². The molecule has 0 bridgehead atoms. The van der Waals surface area contributed by atoms with Crippen molar-refractivity contribution in [2.45, 2.75) is 26.7 Å². The van der Waals surface area contributed by atoms with Crippen LogP contribution < -0.4 is 9.47 Å². The lowest BCUT2D eigenvalue weighted by Gasteiger charge is -2.12. The minimum absolute atomic E-state index is 0.116. The number of ether oxygens (including phenoxy) is 2. The Labute approximate surface area is 148 Å². The molecule has 0 spiro atoms. The van der Waals surface area contributed by atoms with Crippen LogP contribution in [0.3, 0.4) is 0 Å². The van der Waals surface area contributed by atoms with Gasteiger partial charge in [-0.05, 0) is 52.9 Å². The van der Waals surface area contributed by atoms with Crippen molar-refractivity contribution < 1.29 is 14.3 Å². The van der Waals surface area contributed by atoms with Crippen molar-refractivity contribution in [1.29, 1.82) is 0 Å². The topological polar surface area (TPSA) is 35.5 Å². The van der Waals surface area contributed by atoms with Crippen molar-refractivity contribution >= 4 is 16.7 Å². The molecule has 0 unspecified atom stereocenters. The Bertz CT molecular complexity index is 897. The van der Waals surface area contributed by atoms with Gasteiger partial charge in [0.2, 0.25) is 0 Å². The molecule has 0 saturated heterocycles. The number of hydrogen-bond donors (Lipinski definition) is 0. The SMILES string of the molecule is Cc1ccc(C(C)C)cc1OCC(=O)Oc1ccc2ccccc2c1. The fourth-order valence-corrected chi connectivity index (χ4v) is 2.66. The van der Waals surface area contributed by atoms with E-state index in [2.05, 4.69) is 19.9 Å². The lowest BCUT2D eigenvalue weighted by Crippen LogP contribution is -2.18. The van der Waals surface area contributed by atoms with Gasteiger partial charge in [-0.25, -0.2) is 4.79 Å². The number of carbonyl (C=O) groups excluding carboxylic acids is 1. The molecule has 0 atom stereocenters. The van der Waals surface area contributed by atoms with E-state index in [1.54, 1.807) is 6.07 Å². The van der Waals surface area contributed by atoms with Gasteiger partial charge in [-0.1, -0.05) is 56.3 Å². The average molecular weight is 334 g/mol.